The molecular weight excluding hydrogens is 375 g/mol. The maximum absolute atomic E-state index is 13.4. The van der Waals surface area contributed by atoms with E-state index in [0.29, 0.717) is 38.8 Å². The number of anilines is 1. The third-order valence-corrected chi connectivity index (χ3v) is 4.82. The van der Waals surface area contributed by atoms with Crippen molar-refractivity contribution in [2.75, 3.05) is 37.6 Å². The molecule has 0 radical (unpaired) electrons. The maximum Gasteiger partial charge on any atom is 0.418 e. The van der Waals surface area contributed by atoms with Gasteiger partial charge in [0, 0.05) is 50.5 Å². The average molecular weight is 395 g/mol. The molecule has 1 saturated heterocycles. The van der Waals surface area contributed by atoms with Crippen LogP contribution in [0.15, 0.2) is 48.5 Å². The summed E-state index contributed by atoms with van der Waals surface area (Å²) >= 11 is 0. The highest BCUT2D eigenvalue weighted by molar-refractivity contribution is 5.59. The van der Waals surface area contributed by atoms with Crippen molar-refractivity contribution in [2.24, 2.45) is 0 Å². The number of piperazine rings is 1. The zero-order valence-electron chi connectivity index (χ0n) is 15.0. The van der Waals surface area contributed by atoms with E-state index in [0.717, 1.165) is 17.7 Å². The Kier molecular flexibility index (Phi) is 5.85. The largest absolute Gasteiger partial charge is 0.418 e. The molecule has 0 amide bonds. The van der Waals surface area contributed by atoms with Crippen molar-refractivity contribution < 1.29 is 23.2 Å². The average Bonchev–Trinajstić information content (AvgIpc) is 2.68. The molecule has 1 aliphatic heterocycles. The number of aliphatic hydroxyl groups is 1. The van der Waals surface area contributed by atoms with Gasteiger partial charge in [0.05, 0.1) is 16.6 Å². The Balaban J connectivity index is 1.68. The van der Waals surface area contributed by atoms with Crippen LogP contribution in [-0.2, 0) is 6.18 Å². The minimum Gasteiger partial charge on any atom is -0.387 e. The number of rotatable bonds is 5. The van der Waals surface area contributed by atoms with Crippen molar-refractivity contribution in [1.29, 1.82) is 0 Å². The number of benzene rings is 2. The lowest BCUT2D eigenvalue weighted by atomic mass is 10.1. The maximum atomic E-state index is 13.4. The molecule has 1 atom stereocenters. The van der Waals surface area contributed by atoms with Crippen molar-refractivity contribution in [3.05, 3.63) is 69.8 Å². The van der Waals surface area contributed by atoms with Gasteiger partial charge in [-0.3, -0.25) is 15.0 Å². The molecule has 1 N–H and O–H groups in total. The highest BCUT2D eigenvalue weighted by Gasteiger charge is 2.37. The van der Waals surface area contributed by atoms with Gasteiger partial charge < -0.3 is 10.0 Å². The number of hydrogen-bond acceptors (Lipinski definition) is 5. The van der Waals surface area contributed by atoms with Crippen LogP contribution in [-0.4, -0.2) is 47.7 Å². The van der Waals surface area contributed by atoms with Crippen molar-refractivity contribution >= 4 is 11.4 Å². The molecule has 0 spiro atoms. The molecule has 1 fully saturated rings. The number of nitro groups is 1. The first kappa shape index (κ1) is 20.1. The van der Waals surface area contributed by atoms with E-state index in [9.17, 15) is 28.4 Å². The van der Waals surface area contributed by atoms with E-state index in [2.05, 4.69) is 0 Å². The standard InChI is InChI=1S/C19H20F3N3O3/c20-19(21,22)16-12-15(25(27)28)6-7-17(16)24-10-8-23(9-11-24)13-18(26)14-4-2-1-3-5-14/h1-7,12,18,26H,8-11,13H2. The highest BCUT2D eigenvalue weighted by Crippen LogP contribution is 2.39. The van der Waals surface area contributed by atoms with Gasteiger partial charge >= 0.3 is 6.18 Å². The van der Waals surface area contributed by atoms with Crippen LogP contribution in [0, 0.1) is 10.1 Å². The molecule has 1 unspecified atom stereocenters. The second kappa shape index (κ2) is 8.15. The lowest BCUT2D eigenvalue weighted by Gasteiger charge is -2.37. The summed E-state index contributed by atoms with van der Waals surface area (Å²) in [5, 5.41) is 21.1. The van der Waals surface area contributed by atoms with E-state index >= 15 is 0 Å². The zero-order valence-corrected chi connectivity index (χ0v) is 15.0. The van der Waals surface area contributed by atoms with Crippen LogP contribution in [0.5, 0.6) is 0 Å². The number of non-ortho nitro benzene ring substituents is 1. The van der Waals surface area contributed by atoms with E-state index in [1.165, 1.54) is 0 Å². The molecule has 2 aromatic carbocycles. The SMILES string of the molecule is O=[N+]([O-])c1ccc(N2CCN(CC(O)c3ccccc3)CC2)c(C(F)(F)F)c1. The third kappa shape index (κ3) is 4.60. The van der Waals surface area contributed by atoms with Gasteiger partial charge in [-0.05, 0) is 11.6 Å². The fourth-order valence-electron chi connectivity index (χ4n) is 3.34. The second-order valence-electron chi connectivity index (χ2n) is 6.67. The fourth-order valence-corrected chi connectivity index (χ4v) is 3.34. The number of β-amino-alcohol motifs (C(OH)–C–C–N with tert-alkyl or cyclic N) is 1. The molecular formula is C19H20F3N3O3. The lowest BCUT2D eigenvalue weighted by molar-refractivity contribution is -0.385. The minimum absolute atomic E-state index is 0.0543. The van der Waals surface area contributed by atoms with Crippen molar-refractivity contribution in [1.82, 2.24) is 4.90 Å². The summed E-state index contributed by atoms with van der Waals surface area (Å²) in [6.07, 6.45) is -5.35. The first-order valence-electron chi connectivity index (χ1n) is 8.81. The second-order valence-corrected chi connectivity index (χ2v) is 6.67. The first-order chi connectivity index (χ1) is 13.3. The van der Waals surface area contributed by atoms with Gasteiger partial charge in [0.15, 0.2) is 0 Å². The molecule has 3 rings (SSSR count). The molecule has 0 bridgehead atoms. The molecule has 150 valence electrons. The summed E-state index contributed by atoms with van der Waals surface area (Å²) in [6.45, 7) is 2.03. The fraction of sp³-hybridized carbons (Fsp3) is 0.368. The van der Waals surface area contributed by atoms with E-state index in [1.807, 2.05) is 35.2 Å². The molecule has 1 aliphatic rings. The van der Waals surface area contributed by atoms with Crippen LogP contribution < -0.4 is 4.90 Å². The number of hydrogen-bond donors (Lipinski definition) is 1. The summed E-state index contributed by atoms with van der Waals surface area (Å²) < 4.78 is 40.2. The molecule has 1 heterocycles. The van der Waals surface area contributed by atoms with Crippen LogP contribution in [0.25, 0.3) is 0 Å². The number of nitro benzene ring substituents is 1. The molecule has 2 aromatic rings. The molecule has 28 heavy (non-hydrogen) atoms. The molecule has 0 saturated carbocycles. The summed E-state index contributed by atoms with van der Waals surface area (Å²) in [5.41, 5.74) is -0.846. The van der Waals surface area contributed by atoms with E-state index in [1.54, 1.807) is 4.90 Å². The number of aliphatic hydroxyl groups excluding tert-OH is 1. The molecule has 0 aromatic heterocycles. The Hall–Kier alpha value is -2.65. The van der Waals surface area contributed by atoms with Crippen LogP contribution in [0.1, 0.15) is 17.2 Å². The molecule has 0 aliphatic carbocycles. The Morgan fingerprint density at radius 2 is 1.71 bits per heavy atom. The Bertz CT molecular complexity index is 822. The smallest absolute Gasteiger partial charge is 0.387 e. The number of halogens is 3. The third-order valence-electron chi connectivity index (χ3n) is 4.82. The predicted molar refractivity (Wildman–Crippen MR) is 98.2 cm³/mol. The van der Waals surface area contributed by atoms with Gasteiger partial charge in [-0.25, -0.2) is 0 Å². The number of nitrogens with zero attached hydrogens (tertiary/aromatic N) is 3. The normalized spacial score (nSPS) is 16.8. The van der Waals surface area contributed by atoms with Gasteiger partial charge in [-0.15, -0.1) is 0 Å². The Morgan fingerprint density at radius 1 is 1.07 bits per heavy atom. The topological polar surface area (TPSA) is 69.9 Å². The van der Waals surface area contributed by atoms with E-state index < -0.39 is 28.5 Å². The van der Waals surface area contributed by atoms with Gasteiger partial charge in [0.25, 0.3) is 5.69 Å². The summed E-state index contributed by atoms with van der Waals surface area (Å²) in [6, 6.07) is 12.0. The monoisotopic (exact) mass is 395 g/mol. The van der Waals surface area contributed by atoms with Gasteiger partial charge in [-0.1, -0.05) is 30.3 Å². The van der Waals surface area contributed by atoms with Crippen LogP contribution in [0.3, 0.4) is 0 Å². The Labute approximate surface area is 160 Å². The minimum atomic E-state index is -4.68. The lowest BCUT2D eigenvalue weighted by Crippen LogP contribution is -2.48. The van der Waals surface area contributed by atoms with Crippen LogP contribution >= 0.6 is 0 Å². The van der Waals surface area contributed by atoms with E-state index in [4.69, 9.17) is 0 Å². The van der Waals surface area contributed by atoms with Crippen LogP contribution in [0.4, 0.5) is 24.5 Å². The summed E-state index contributed by atoms with van der Waals surface area (Å²) in [5.74, 6) is 0. The highest BCUT2D eigenvalue weighted by atomic mass is 19.4. The van der Waals surface area contributed by atoms with Crippen molar-refractivity contribution in [3.8, 4) is 0 Å². The van der Waals surface area contributed by atoms with Crippen molar-refractivity contribution in [3.63, 3.8) is 0 Å². The summed E-state index contributed by atoms with van der Waals surface area (Å²) in [7, 11) is 0. The van der Waals surface area contributed by atoms with Gasteiger partial charge in [0.1, 0.15) is 0 Å². The zero-order chi connectivity index (χ0) is 20.3. The number of alkyl halides is 3. The van der Waals surface area contributed by atoms with Gasteiger partial charge in [0.2, 0.25) is 0 Å². The van der Waals surface area contributed by atoms with Crippen molar-refractivity contribution in [2.45, 2.75) is 12.3 Å². The first-order valence-corrected chi connectivity index (χ1v) is 8.81. The van der Waals surface area contributed by atoms with Crippen LogP contribution in [0.2, 0.25) is 0 Å². The molecule has 9 heteroatoms. The predicted octanol–water partition coefficient (Wildman–Crippen LogP) is 3.47. The van der Waals surface area contributed by atoms with E-state index in [-0.39, 0.29) is 5.69 Å². The quantitative estimate of drug-likeness (QED) is 0.620. The Morgan fingerprint density at radius 3 is 2.29 bits per heavy atom. The van der Waals surface area contributed by atoms with Gasteiger partial charge in [-0.2, -0.15) is 13.2 Å². The molecule has 6 nitrogen and oxygen atoms in total. The summed E-state index contributed by atoms with van der Waals surface area (Å²) in [4.78, 5) is 13.6.